The summed E-state index contributed by atoms with van der Waals surface area (Å²) < 4.78 is 0. The van der Waals surface area contributed by atoms with Crippen molar-refractivity contribution < 1.29 is 0 Å². The Morgan fingerprint density at radius 1 is 1.27 bits per heavy atom. The minimum Gasteiger partial charge on any atom is -0.330 e. The molecule has 1 aromatic carbocycles. The lowest BCUT2D eigenvalue weighted by atomic mass is 10.1. The Labute approximate surface area is 92.0 Å². The molecule has 0 aliphatic heterocycles. The SMILES string of the molecule is CC1(C)[C@@H](/C=C/c2ccccc2)[C@@H]1CN. The maximum absolute atomic E-state index is 5.73. The lowest BCUT2D eigenvalue weighted by molar-refractivity contribution is 0.555. The molecule has 15 heavy (non-hydrogen) atoms. The molecule has 1 heteroatoms. The third-order valence-corrected chi connectivity index (χ3v) is 3.69. The summed E-state index contributed by atoms with van der Waals surface area (Å²) in [7, 11) is 0. The van der Waals surface area contributed by atoms with E-state index in [2.05, 4.69) is 50.3 Å². The fraction of sp³-hybridized carbons (Fsp3) is 0.429. The van der Waals surface area contributed by atoms with Gasteiger partial charge in [-0.2, -0.15) is 0 Å². The van der Waals surface area contributed by atoms with Crippen LogP contribution in [0.1, 0.15) is 19.4 Å². The van der Waals surface area contributed by atoms with Gasteiger partial charge < -0.3 is 5.73 Å². The Balaban J connectivity index is 2.03. The lowest BCUT2D eigenvalue weighted by Crippen LogP contribution is -2.05. The Morgan fingerprint density at radius 2 is 1.93 bits per heavy atom. The number of allylic oxidation sites excluding steroid dienone is 1. The Hall–Kier alpha value is -1.08. The van der Waals surface area contributed by atoms with Crippen LogP contribution in [0.3, 0.4) is 0 Å². The molecule has 0 radical (unpaired) electrons. The molecule has 0 bridgehead atoms. The van der Waals surface area contributed by atoms with Gasteiger partial charge in [0.2, 0.25) is 0 Å². The van der Waals surface area contributed by atoms with Crippen LogP contribution in [-0.2, 0) is 0 Å². The van der Waals surface area contributed by atoms with Gasteiger partial charge in [-0.15, -0.1) is 0 Å². The van der Waals surface area contributed by atoms with E-state index in [0.29, 0.717) is 17.3 Å². The summed E-state index contributed by atoms with van der Waals surface area (Å²) in [6, 6.07) is 10.4. The van der Waals surface area contributed by atoms with E-state index in [1.807, 2.05) is 6.07 Å². The van der Waals surface area contributed by atoms with Crippen molar-refractivity contribution in [2.75, 3.05) is 6.54 Å². The van der Waals surface area contributed by atoms with E-state index in [-0.39, 0.29) is 0 Å². The molecule has 1 aliphatic rings. The van der Waals surface area contributed by atoms with E-state index < -0.39 is 0 Å². The molecule has 0 spiro atoms. The van der Waals surface area contributed by atoms with Crippen LogP contribution in [0.4, 0.5) is 0 Å². The summed E-state index contributed by atoms with van der Waals surface area (Å²) >= 11 is 0. The van der Waals surface area contributed by atoms with Gasteiger partial charge in [-0.3, -0.25) is 0 Å². The number of nitrogens with two attached hydrogens (primary N) is 1. The van der Waals surface area contributed by atoms with Gasteiger partial charge in [0.05, 0.1) is 0 Å². The first-order chi connectivity index (χ1) is 7.16. The van der Waals surface area contributed by atoms with Crippen LogP contribution in [0.5, 0.6) is 0 Å². The van der Waals surface area contributed by atoms with E-state index >= 15 is 0 Å². The highest BCUT2D eigenvalue weighted by molar-refractivity contribution is 5.50. The first-order valence-corrected chi connectivity index (χ1v) is 5.59. The third-order valence-electron chi connectivity index (χ3n) is 3.69. The minimum atomic E-state index is 0.403. The summed E-state index contributed by atoms with van der Waals surface area (Å²) in [5.74, 6) is 1.32. The van der Waals surface area contributed by atoms with Crippen LogP contribution < -0.4 is 5.73 Å². The molecule has 1 aliphatic carbocycles. The van der Waals surface area contributed by atoms with Gasteiger partial charge in [0.25, 0.3) is 0 Å². The van der Waals surface area contributed by atoms with Crippen LogP contribution >= 0.6 is 0 Å². The van der Waals surface area contributed by atoms with Crippen LogP contribution in [0.15, 0.2) is 36.4 Å². The number of hydrogen-bond acceptors (Lipinski definition) is 1. The standard InChI is InChI=1S/C14H19N/c1-14(2)12(13(14)10-15)9-8-11-6-4-3-5-7-11/h3-9,12-13H,10,15H2,1-2H3/b9-8+/t12-,13-/m0/s1. The zero-order valence-electron chi connectivity index (χ0n) is 9.48. The molecular formula is C14H19N. The highest BCUT2D eigenvalue weighted by Gasteiger charge is 2.54. The van der Waals surface area contributed by atoms with E-state index in [1.54, 1.807) is 0 Å². The quantitative estimate of drug-likeness (QED) is 0.799. The topological polar surface area (TPSA) is 26.0 Å². The Kier molecular flexibility index (Phi) is 2.66. The zero-order valence-corrected chi connectivity index (χ0v) is 9.48. The second-order valence-electron chi connectivity index (χ2n) is 4.96. The molecule has 80 valence electrons. The van der Waals surface area contributed by atoms with E-state index in [4.69, 9.17) is 5.73 Å². The maximum Gasteiger partial charge on any atom is -0.00377 e. The highest BCUT2D eigenvalue weighted by atomic mass is 14.7. The molecule has 1 fully saturated rings. The molecular weight excluding hydrogens is 182 g/mol. The number of benzene rings is 1. The molecule has 2 atom stereocenters. The first kappa shape index (κ1) is 10.4. The minimum absolute atomic E-state index is 0.403. The molecule has 1 saturated carbocycles. The average Bonchev–Trinajstić information content (AvgIpc) is 2.78. The predicted molar refractivity (Wildman–Crippen MR) is 65.3 cm³/mol. The van der Waals surface area contributed by atoms with Gasteiger partial charge in [-0.25, -0.2) is 0 Å². The van der Waals surface area contributed by atoms with Gasteiger partial charge in [-0.1, -0.05) is 56.3 Å². The molecule has 1 aromatic rings. The van der Waals surface area contributed by atoms with Crippen molar-refractivity contribution in [3.63, 3.8) is 0 Å². The normalized spacial score (nSPS) is 28.2. The van der Waals surface area contributed by atoms with Crippen molar-refractivity contribution >= 4 is 6.08 Å². The van der Waals surface area contributed by atoms with Crippen molar-refractivity contribution in [3.8, 4) is 0 Å². The molecule has 0 heterocycles. The molecule has 0 aromatic heterocycles. The lowest BCUT2D eigenvalue weighted by Gasteiger charge is -1.97. The molecule has 2 rings (SSSR count). The fourth-order valence-electron chi connectivity index (χ4n) is 2.40. The summed E-state index contributed by atoms with van der Waals surface area (Å²) in [6.45, 7) is 5.39. The average molecular weight is 201 g/mol. The van der Waals surface area contributed by atoms with Crippen LogP contribution in [-0.4, -0.2) is 6.54 Å². The van der Waals surface area contributed by atoms with E-state index in [1.165, 1.54) is 5.56 Å². The molecule has 0 saturated heterocycles. The monoisotopic (exact) mass is 201 g/mol. The first-order valence-electron chi connectivity index (χ1n) is 5.59. The largest absolute Gasteiger partial charge is 0.330 e. The van der Waals surface area contributed by atoms with Crippen LogP contribution in [0.2, 0.25) is 0 Å². The Bertz CT molecular complexity index is 351. The zero-order chi connectivity index (χ0) is 10.9. The summed E-state index contributed by atoms with van der Waals surface area (Å²) in [6.07, 6.45) is 4.52. The van der Waals surface area contributed by atoms with Gasteiger partial charge in [0.1, 0.15) is 0 Å². The van der Waals surface area contributed by atoms with E-state index in [0.717, 1.165) is 6.54 Å². The summed E-state index contributed by atoms with van der Waals surface area (Å²) in [4.78, 5) is 0. The fourth-order valence-corrected chi connectivity index (χ4v) is 2.40. The summed E-state index contributed by atoms with van der Waals surface area (Å²) in [5, 5.41) is 0. The van der Waals surface area contributed by atoms with Gasteiger partial charge in [-0.05, 0) is 29.4 Å². The smallest absolute Gasteiger partial charge is 0.00377 e. The summed E-state index contributed by atoms with van der Waals surface area (Å²) in [5.41, 5.74) is 7.41. The maximum atomic E-state index is 5.73. The molecule has 0 unspecified atom stereocenters. The van der Waals surface area contributed by atoms with Crippen molar-refractivity contribution in [2.24, 2.45) is 23.0 Å². The van der Waals surface area contributed by atoms with Crippen molar-refractivity contribution in [1.29, 1.82) is 0 Å². The van der Waals surface area contributed by atoms with E-state index in [9.17, 15) is 0 Å². The Morgan fingerprint density at radius 3 is 2.47 bits per heavy atom. The van der Waals surface area contributed by atoms with Gasteiger partial charge >= 0.3 is 0 Å². The van der Waals surface area contributed by atoms with Crippen LogP contribution in [0.25, 0.3) is 6.08 Å². The van der Waals surface area contributed by atoms with Crippen molar-refractivity contribution in [3.05, 3.63) is 42.0 Å². The second kappa shape index (κ2) is 3.82. The molecule has 2 N–H and O–H groups in total. The number of hydrogen-bond donors (Lipinski definition) is 1. The van der Waals surface area contributed by atoms with Crippen LogP contribution in [0, 0.1) is 17.3 Å². The second-order valence-corrected chi connectivity index (χ2v) is 4.96. The van der Waals surface area contributed by atoms with Crippen molar-refractivity contribution in [1.82, 2.24) is 0 Å². The third kappa shape index (κ3) is 1.98. The molecule has 1 nitrogen and oxygen atoms in total. The highest BCUT2D eigenvalue weighted by Crippen LogP contribution is 2.58. The molecule has 0 amide bonds. The predicted octanol–water partition coefficient (Wildman–Crippen LogP) is 2.93. The van der Waals surface area contributed by atoms with Gasteiger partial charge in [0, 0.05) is 0 Å². The van der Waals surface area contributed by atoms with Crippen molar-refractivity contribution in [2.45, 2.75) is 13.8 Å². The van der Waals surface area contributed by atoms with Gasteiger partial charge in [0.15, 0.2) is 0 Å². The number of rotatable bonds is 3.